The van der Waals surface area contributed by atoms with Crippen LogP contribution in [0, 0.1) is 19.8 Å². The van der Waals surface area contributed by atoms with Crippen LogP contribution >= 0.6 is 0 Å². The molecule has 1 saturated heterocycles. The Morgan fingerprint density at radius 2 is 1.93 bits per heavy atom. The Bertz CT molecular complexity index is 752. The molecule has 6 nitrogen and oxygen atoms in total. The second-order valence-corrected chi connectivity index (χ2v) is 9.49. The van der Waals surface area contributed by atoms with E-state index in [1.54, 1.807) is 0 Å². The summed E-state index contributed by atoms with van der Waals surface area (Å²) in [5.74, 6) is 0.0611. The van der Waals surface area contributed by atoms with Crippen molar-refractivity contribution in [2.24, 2.45) is 5.92 Å². The van der Waals surface area contributed by atoms with E-state index in [-0.39, 0.29) is 17.9 Å². The molecule has 1 aliphatic carbocycles. The third kappa shape index (κ3) is 5.95. The van der Waals surface area contributed by atoms with Crippen LogP contribution in [0.1, 0.15) is 56.7 Å². The number of nitrogens with one attached hydrogen (secondary N) is 2. The molecular weight excluding hydrogens is 366 g/mol. The van der Waals surface area contributed by atoms with Gasteiger partial charge >= 0.3 is 6.09 Å². The molecule has 2 fully saturated rings. The van der Waals surface area contributed by atoms with Gasteiger partial charge in [-0.2, -0.15) is 0 Å². The zero-order chi connectivity index (χ0) is 21.2. The largest absolute Gasteiger partial charge is 0.444 e. The maximum Gasteiger partial charge on any atom is 0.407 e. The third-order valence-electron chi connectivity index (χ3n) is 5.75. The molecule has 0 spiro atoms. The Kier molecular flexibility index (Phi) is 6.52. The van der Waals surface area contributed by atoms with Crippen molar-refractivity contribution >= 4 is 12.0 Å². The number of aryl methyl sites for hydroxylation is 1. The van der Waals surface area contributed by atoms with Gasteiger partial charge in [0.1, 0.15) is 5.60 Å². The molecule has 2 unspecified atom stereocenters. The second-order valence-electron chi connectivity index (χ2n) is 9.49. The minimum absolute atomic E-state index is 0.102. The van der Waals surface area contributed by atoms with Crippen molar-refractivity contribution in [3.63, 3.8) is 0 Å². The fourth-order valence-electron chi connectivity index (χ4n) is 3.89. The van der Waals surface area contributed by atoms with E-state index in [9.17, 15) is 9.59 Å². The van der Waals surface area contributed by atoms with Crippen molar-refractivity contribution in [1.29, 1.82) is 0 Å². The Morgan fingerprint density at radius 1 is 1.21 bits per heavy atom. The first-order valence-electron chi connectivity index (χ1n) is 10.7. The van der Waals surface area contributed by atoms with Crippen LogP contribution in [0.4, 0.5) is 4.79 Å². The van der Waals surface area contributed by atoms with Crippen LogP contribution in [-0.4, -0.2) is 47.7 Å². The summed E-state index contributed by atoms with van der Waals surface area (Å²) in [6.45, 7) is 11.8. The number of amides is 2. The average Bonchev–Trinajstić information content (AvgIpc) is 3.46. The molecule has 1 heterocycles. The molecular formula is C23H35N3O3. The van der Waals surface area contributed by atoms with Crippen LogP contribution < -0.4 is 10.6 Å². The maximum absolute atomic E-state index is 13.4. The van der Waals surface area contributed by atoms with E-state index in [1.165, 1.54) is 16.7 Å². The van der Waals surface area contributed by atoms with Crippen LogP contribution in [-0.2, 0) is 16.1 Å². The normalized spacial score (nSPS) is 22.1. The summed E-state index contributed by atoms with van der Waals surface area (Å²) < 4.78 is 5.36. The van der Waals surface area contributed by atoms with Crippen LogP contribution in [0.25, 0.3) is 0 Å². The highest BCUT2D eigenvalue weighted by atomic mass is 16.6. The second kappa shape index (κ2) is 8.74. The fraction of sp³-hybridized carbons (Fsp3) is 0.652. The van der Waals surface area contributed by atoms with Crippen LogP contribution in [0.3, 0.4) is 0 Å². The van der Waals surface area contributed by atoms with Crippen LogP contribution in [0.2, 0.25) is 0 Å². The summed E-state index contributed by atoms with van der Waals surface area (Å²) in [4.78, 5) is 27.6. The highest BCUT2D eigenvalue weighted by Crippen LogP contribution is 2.31. The minimum atomic E-state index is -0.532. The summed E-state index contributed by atoms with van der Waals surface area (Å²) in [5, 5.41) is 6.23. The number of carbonyl (C=O) groups is 2. The lowest BCUT2D eigenvalue weighted by atomic mass is 9.93. The zero-order valence-electron chi connectivity index (χ0n) is 18.4. The van der Waals surface area contributed by atoms with Crippen molar-refractivity contribution in [1.82, 2.24) is 15.5 Å². The number of alkyl carbamates (subject to hydrolysis) is 1. The van der Waals surface area contributed by atoms with Gasteiger partial charge in [-0.3, -0.25) is 4.79 Å². The monoisotopic (exact) mass is 401 g/mol. The maximum atomic E-state index is 13.4. The lowest BCUT2D eigenvalue weighted by Gasteiger charge is -2.34. The number of hydrogen-bond donors (Lipinski definition) is 2. The number of hydrogen-bond acceptors (Lipinski definition) is 4. The molecule has 29 heavy (non-hydrogen) atoms. The first kappa shape index (κ1) is 21.6. The van der Waals surface area contributed by atoms with E-state index in [1.807, 2.05) is 20.8 Å². The van der Waals surface area contributed by atoms with Crippen molar-refractivity contribution in [3.8, 4) is 0 Å². The molecule has 2 aliphatic rings. The van der Waals surface area contributed by atoms with Gasteiger partial charge in [-0.05, 0) is 70.6 Å². The third-order valence-corrected chi connectivity index (χ3v) is 5.75. The molecule has 160 valence electrons. The topological polar surface area (TPSA) is 70.7 Å². The molecule has 2 amide bonds. The van der Waals surface area contributed by atoms with E-state index >= 15 is 0 Å². The molecule has 1 aromatic rings. The molecule has 0 aromatic heterocycles. The molecule has 6 heteroatoms. The summed E-state index contributed by atoms with van der Waals surface area (Å²) in [7, 11) is 0. The first-order chi connectivity index (χ1) is 13.6. The number of rotatable bonds is 5. The van der Waals surface area contributed by atoms with E-state index in [2.05, 4.69) is 47.6 Å². The van der Waals surface area contributed by atoms with Crippen molar-refractivity contribution in [3.05, 3.63) is 34.9 Å². The molecule has 1 aromatic carbocycles. The number of nitrogens with zero attached hydrogens (tertiary/aromatic N) is 1. The number of benzene rings is 1. The molecule has 2 N–H and O–H groups in total. The average molecular weight is 402 g/mol. The summed E-state index contributed by atoms with van der Waals surface area (Å²) >= 11 is 0. The molecule has 0 bridgehead atoms. The number of carbonyl (C=O) groups excluding carboxylic acids is 2. The first-order valence-corrected chi connectivity index (χ1v) is 10.7. The predicted octanol–water partition coefficient (Wildman–Crippen LogP) is 3.30. The van der Waals surface area contributed by atoms with E-state index in [0.717, 1.165) is 12.8 Å². The quantitative estimate of drug-likeness (QED) is 0.794. The fourth-order valence-corrected chi connectivity index (χ4v) is 3.89. The highest BCUT2D eigenvalue weighted by molar-refractivity contribution is 5.80. The molecule has 1 saturated carbocycles. The lowest BCUT2D eigenvalue weighted by Crippen LogP contribution is -2.53. The summed E-state index contributed by atoms with van der Waals surface area (Å²) in [6, 6.07) is 6.55. The van der Waals surface area contributed by atoms with E-state index in [0.29, 0.717) is 32.1 Å². The van der Waals surface area contributed by atoms with Gasteiger partial charge in [0, 0.05) is 31.7 Å². The summed E-state index contributed by atoms with van der Waals surface area (Å²) in [6.07, 6.45) is 2.38. The predicted molar refractivity (Wildman–Crippen MR) is 114 cm³/mol. The van der Waals surface area contributed by atoms with Gasteiger partial charge in [-0.25, -0.2) is 4.79 Å². The van der Waals surface area contributed by atoms with Gasteiger partial charge in [0.05, 0.1) is 5.92 Å². The van der Waals surface area contributed by atoms with Crippen molar-refractivity contribution < 1.29 is 14.3 Å². The Balaban J connectivity index is 1.64. The standard InChI is InChI=1S/C23H35N3O3/c1-15-7-6-8-17(16(15)2)14-26(20-9-10-20)21(27)18-11-19(13-24-12-18)25-22(28)29-23(3,4)5/h6-8,18-20,24H,9-14H2,1-5H3,(H,25,28). The zero-order valence-corrected chi connectivity index (χ0v) is 18.4. The minimum Gasteiger partial charge on any atom is -0.444 e. The van der Waals surface area contributed by atoms with Crippen LogP contribution in [0.15, 0.2) is 18.2 Å². The van der Waals surface area contributed by atoms with Crippen molar-refractivity contribution in [2.75, 3.05) is 13.1 Å². The molecule has 1 aliphatic heterocycles. The van der Waals surface area contributed by atoms with Gasteiger partial charge in [-0.15, -0.1) is 0 Å². The van der Waals surface area contributed by atoms with Gasteiger partial charge in [0.15, 0.2) is 0 Å². The lowest BCUT2D eigenvalue weighted by molar-refractivity contribution is -0.137. The smallest absolute Gasteiger partial charge is 0.407 e. The van der Waals surface area contributed by atoms with Gasteiger partial charge in [0.2, 0.25) is 5.91 Å². The Morgan fingerprint density at radius 3 is 2.59 bits per heavy atom. The molecule has 3 rings (SSSR count). The Hall–Kier alpha value is -2.08. The van der Waals surface area contributed by atoms with Gasteiger partial charge < -0.3 is 20.3 Å². The number of ether oxygens (including phenoxy) is 1. The van der Waals surface area contributed by atoms with Gasteiger partial charge in [0.25, 0.3) is 0 Å². The molecule has 0 radical (unpaired) electrons. The SMILES string of the molecule is Cc1cccc(CN(C(=O)C2CNCC(NC(=O)OC(C)(C)C)C2)C2CC2)c1C. The van der Waals surface area contributed by atoms with E-state index < -0.39 is 11.7 Å². The van der Waals surface area contributed by atoms with E-state index in [4.69, 9.17) is 4.74 Å². The Labute approximate surface area is 174 Å². The van der Waals surface area contributed by atoms with Crippen LogP contribution in [0.5, 0.6) is 0 Å². The van der Waals surface area contributed by atoms with Gasteiger partial charge in [-0.1, -0.05) is 18.2 Å². The number of piperidine rings is 1. The van der Waals surface area contributed by atoms with Crippen molar-refractivity contribution in [2.45, 2.75) is 78.1 Å². The summed E-state index contributed by atoms with van der Waals surface area (Å²) in [5.41, 5.74) is 3.21. The highest BCUT2D eigenvalue weighted by Gasteiger charge is 2.38. The molecule has 2 atom stereocenters.